The highest BCUT2D eigenvalue weighted by Crippen LogP contribution is 2.17. The lowest BCUT2D eigenvalue weighted by molar-refractivity contribution is -0.151. The zero-order valence-corrected chi connectivity index (χ0v) is 38.2. The maximum absolute atomic E-state index is 13.2. The number of aliphatic hydroxyl groups excluding tert-OH is 2. The molecule has 0 bridgehead atoms. The van der Waals surface area contributed by atoms with E-state index in [9.17, 15) is 19.8 Å². The van der Waals surface area contributed by atoms with Crippen molar-refractivity contribution in [3.05, 3.63) is 60.8 Å². The van der Waals surface area contributed by atoms with Crippen LogP contribution in [-0.2, 0) is 14.3 Å². The minimum absolute atomic E-state index is 0.0293. The number of ether oxygens (including phenoxy) is 1. The van der Waals surface area contributed by atoms with Crippen molar-refractivity contribution < 1.29 is 24.5 Å². The highest BCUT2D eigenvalue weighted by atomic mass is 16.5. The van der Waals surface area contributed by atoms with E-state index in [1.807, 2.05) is 48.6 Å². The molecule has 3 N–H and O–H groups in total. The van der Waals surface area contributed by atoms with Gasteiger partial charge in [-0.1, -0.05) is 242 Å². The van der Waals surface area contributed by atoms with Crippen LogP contribution in [0.2, 0.25) is 0 Å². The molecule has 3 unspecified atom stereocenters. The van der Waals surface area contributed by atoms with Crippen LogP contribution in [0.1, 0.15) is 233 Å². The van der Waals surface area contributed by atoms with Crippen LogP contribution in [0, 0.1) is 0 Å². The Hall–Kier alpha value is -2.44. The molecule has 0 rings (SSSR count). The molecule has 0 heterocycles. The van der Waals surface area contributed by atoms with Gasteiger partial charge in [0.1, 0.15) is 6.10 Å². The number of hydrogen-bond acceptors (Lipinski definition) is 5. The first kappa shape index (κ1) is 55.6. The van der Waals surface area contributed by atoms with Crippen LogP contribution in [0.5, 0.6) is 0 Å². The standard InChI is InChI=1S/C52H93NO5/c1-4-7-10-13-16-19-22-24-25-27-30-32-35-38-41-44-50(55)49(47-54)53-51(56)46-48(43-40-37-34-31-29-26-23-20-17-14-11-8-5-2)58-52(57)45-42-39-36-33-28-21-18-15-12-9-6-3/h8,11,14,17,20,23,26,29,31,34,48-50,54-55H,4-7,9-10,12-13,15-16,18-19,21-22,24-25,27-28,30,32-33,35-47H2,1-3H3,(H,53,56)/b11-8+,17-14+,23-20-,29-26-,34-31+. The summed E-state index contributed by atoms with van der Waals surface area (Å²) in [6, 6.07) is -0.723. The minimum atomic E-state index is -0.806. The van der Waals surface area contributed by atoms with Gasteiger partial charge >= 0.3 is 5.97 Å². The van der Waals surface area contributed by atoms with E-state index in [-0.39, 0.29) is 24.9 Å². The van der Waals surface area contributed by atoms with E-state index in [2.05, 4.69) is 38.2 Å². The second-order valence-corrected chi connectivity index (χ2v) is 16.6. The Bertz CT molecular complexity index is 1050. The van der Waals surface area contributed by atoms with Crippen molar-refractivity contribution in [2.45, 2.75) is 251 Å². The molecule has 0 fully saturated rings. The van der Waals surface area contributed by atoms with E-state index in [4.69, 9.17) is 4.74 Å². The van der Waals surface area contributed by atoms with Crippen LogP contribution in [0.15, 0.2) is 60.8 Å². The minimum Gasteiger partial charge on any atom is -0.462 e. The zero-order chi connectivity index (χ0) is 42.4. The molecule has 0 aliphatic heterocycles. The molecule has 0 saturated heterocycles. The summed E-state index contributed by atoms with van der Waals surface area (Å²) in [6.07, 6.45) is 55.7. The summed E-state index contributed by atoms with van der Waals surface area (Å²) in [6.45, 7) is 6.31. The molecule has 6 nitrogen and oxygen atoms in total. The van der Waals surface area contributed by atoms with Crippen LogP contribution < -0.4 is 5.32 Å². The number of unbranched alkanes of at least 4 members (excludes halogenated alkanes) is 25. The molecular weight excluding hydrogens is 719 g/mol. The average molecular weight is 812 g/mol. The number of rotatable bonds is 43. The first-order valence-corrected chi connectivity index (χ1v) is 24.6. The molecule has 6 heteroatoms. The van der Waals surface area contributed by atoms with Gasteiger partial charge in [-0.25, -0.2) is 0 Å². The molecule has 0 saturated carbocycles. The van der Waals surface area contributed by atoms with Crippen molar-refractivity contribution in [2.75, 3.05) is 6.61 Å². The summed E-state index contributed by atoms with van der Waals surface area (Å²) in [7, 11) is 0. The van der Waals surface area contributed by atoms with Gasteiger partial charge in [0.2, 0.25) is 5.91 Å². The van der Waals surface area contributed by atoms with Crippen LogP contribution in [-0.4, -0.2) is 46.9 Å². The van der Waals surface area contributed by atoms with Crippen molar-refractivity contribution in [3.8, 4) is 0 Å². The highest BCUT2D eigenvalue weighted by molar-refractivity contribution is 5.77. The molecule has 0 aliphatic carbocycles. The third-order valence-corrected chi connectivity index (χ3v) is 11.0. The fourth-order valence-corrected chi connectivity index (χ4v) is 7.28. The first-order chi connectivity index (χ1) is 28.5. The normalized spacial score (nSPS) is 13.8. The maximum atomic E-state index is 13.2. The summed E-state index contributed by atoms with van der Waals surface area (Å²) in [4.78, 5) is 26.0. The van der Waals surface area contributed by atoms with Gasteiger partial charge in [-0.15, -0.1) is 0 Å². The van der Waals surface area contributed by atoms with Crippen molar-refractivity contribution in [1.82, 2.24) is 5.32 Å². The van der Waals surface area contributed by atoms with Crippen LogP contribution >= 0.6 is 0 Å². The lowest BCUT2D eigenvalue weighted by Crippen LogP contribution is -2.46. The van der Waals surface area contributed by atoms with Gasteiger partial charge in [-0.05, 0) is 38.5 Å². The van der Waals surface area contributed by atoms with Gasteiger partial charge in [0, 0.05) is 6.42 Å². The smallest absolute Gasteiger partial charge is 0.306 e. The molecule has 0 radical (unpaired) electrons. The average Bonchev–Trinajstić information content (AvgIpc) is 3.22. The molecule has 1 amide bonds. The maximum Gasteiger partial charge on any atom is 0.306 e. The van der Waals surface area contributed by atoms with E-state index in [0.717, 1.165) is 57.8 Å². The van der Waals surface area contributed by atoms with E-state index >= 15 is 0 Å². The predicted octanol–water partition coefficient (Wildman–Crippen LogP) is 14.5. The number of esters is 1. The molecule has 0 aliphatic rings. The third kappa shape index (κ3) is 40.3. The Morgan fingerprint density at radius 1 is 0.517 bits per heavy atom. The van der Waals surface area contributed by atoms with E-state index < -0.39 is 18.2 Å². The van der Waals surface area contributed by atoms with Gasteiger partial charge < -0.3 is 20.3 Å². The summed E-state index contributed by atoms with van der Waals surface area (Å²) in [5.41, 5.74) is 0. The summed E-state index contributed by atoms with van der Waals surface area (Å²) >= 11 is 0. The Morgan fingerprint density at radius 3 is 1.38 bits per heavy atom. The Kier molecular flexibility index (Phi) is 43.7. The number of carbonyl (C=O) groups excluding carboxylic acids is 2. The molecular formula is C52H93NO5. The van der Waals surface area contributed by atoms with Gasteiger partial charge in [0.25, 0.3) is 0 Å². The molecule has 58 heavy (non-hydrogen) atoms. The summed E-state index contributed by atoms with van der Waals surface area (Å²) in [5.74, 6) is -0.545. The van der Waals surface area contributed by atoms with E-state index in [0.29, 0.717) is 19.3 Å². The second-order valence-electron chi connectivity index (χ2n) is 16.6. The lowest BCUT2D eigenvalue weighted by Gasteiger charge is -2.24. The number of hydrogen-bond donors (Lipinski definition) is 3. The molecule has 0 aromatic heterocycles. The fourth-order valence-electron chi connectivity index (χ4n) is 7.28. The van der Waals surface area contributed by atoms with Crippen LogP contribution in [0.3, 0.4) is 0 Å². The molecule has 0 spiro atoms. The monoisotopic (exact) mass is 812 g/mol. The number of amides is 1. The quantitative estimate of drug-likeness (QED) is 0.0324. The molecule has 336 valence electrons. The van der Waals surface area contributed by atoms with Crippen LogP contribution in [0.4, 0.5) is 0 Å². The van der Waals surface area contributed by atoms with Gasteiger partial charge in [-0.2, -0.15) is 0 Å². The topological polar surface area (TPSA) is 95.9 Å². The first-order valence-electron chi connectivity index (χ1n) is 24.6. The Labute approximate surface area is 358 Å². The van der Waals surface area contributed by atoms with E-state index in [1.165, 1.54) is 128 Å². The Balaban J connectivity index is 4.64. The van der Waals surface area contributed by atoms with Gasteiger partial charge in [0.05, 0.1) is 25.2 Å². The van der Waals surface area contributed by atoms with Crippen molar-refractivity contribution in [3.63, 3.8) is 0 Å². The van der Waals surface area contributed by atoms with E-state index in [1.54, 1.807) is 0 Å². The summed E-state index contributed by atoms with van der Waals surface area (Å²) < 4.78 is 5.87. The van der Waals surface area contributed by atoms with Crippen molar-refractivity contribution in [1.29, 1.82) is 0 Å². The highest BCUT2D eigenvalue weighted by Gasteiger charge is 2.24. The predicted molar refractivity (Wildman–Crippen MR) is 250 cm³/mol. The zero-order valence-electron chi connectivity index (χ0n) is 38.2. The molecule has 0 aromatic rings. The Morgan fingerprint density at radius 2 is 0.931 bits per heavy atom. The van der Waals surface area contributed by atoms with Gasteiger partial charge in [-0.3, -0.25) is 9.59 Å². The lowest BCUT2D eigenvalue weighted by atomic mass is 10.0. The second kappa shape index (κ2) is 45.6. The van der Waals surface area contributed by atoms with Gasteiger partial charge in [0.15, 0.2) is 0 Å². The number of aliphatic hydroxyl groups is 2. The molecule has 0 aromatic carbocycles. The fraction of sp³-hybridized carbons (Fsp3) is 0.769. The third-order valence-electron chi connectivity index (χ3n) is 11.0. The van der Waals surface area contributed by atoms with Crippen molar-refractivity contribution in [2.24, 2.45) is 0 Å². The van der Waals surface area contributed by atoms with Crippen LogP contribution in [0.25, 0.3) is 0 Å². The SMILES string of the molecule is CC/C=C/C=C/C=C\C=C/C=C/CCCC(CC(=O)NC(CO)C(O)CCCCCCCCCCCCCCCCC)OC(=O)CCCCCCCCCCCCC. The van der Waals surface area contributed by atoms with Crippen molar-refractivity contribution >= 4 is 11.9 Å². The number of nitrogens with one attached hydrogen (secondary N) is 1. The number of carbonyl (C=O) groups is 2. The summed E-state index contributed by atoms with van der Waals surface area (Å²) in [5, 5.41) is 23.7. The molecule has 3 atom stereocenters. The largest absolute Gasteiger partial charge is 0.462 e. The number of allylic oxidation sites excluding steroid dienone is 10.